The van der Waals surface area contributed by atoms with E-state index in [9.17, 15) is 4.39 Å². The molecule has 0 unspecified atom stereocenters. The molecule has 1 aromatic heterocycles. The quantitative estimate of drug-likeness (QED) is 0.381. The first-order valence-electron chi connectivity index (χ1n) is 6.30. The van der Waals surface area contributed by atoms with Crippen LogP contribution in [-0.4, -0.2) is 11.2 Å². The highest BCUT2D eigenvalue weighted by molar-refractivity contribution is 9.10. The van der Waals surface area contributed by atoms with Crippen LogP contribution in [-0.2, 0) is 7.05 Å². The number of aryl methyl sites for hydroxylation is 1. The number of thioether (sulfide) groups is 1. The third kappa shape index (κ3) is 4.52. The average Bonchev–Trinajstić information content (AvgIpc) is 2.81. The Labute approximate surface area is 138 Å². The highest BCUT2D eigenvalue weighted by Crippen LogP contribution is 2.35. The van der Waals surface area contributed by atoms with Gasteiger partial charge in [-0.25, -0.2) is 4.39 Å². The SMILES string of the molecule is C#C.C/C=C(\C=C/CF)Sc1cn(C)c2ccc(Br)cc12. The van der Waals surface area contributed by atoms with Crippen molar-refractivity contribution < 1.29 is 4.39 Å². The normalized spacial score (nSPS) is 11.6. The molecule has 0 aliphatic rings. The summed E-state index contributed by atoms with van der Waals surface area (Å²) in [6, 6.07) is 6.25. The van der Waals surface area contributed by atoms with Gasteiger partial charge in [0.2, 0.25) is 0 Å². The summed E-state index contributed by atoms with van der Waals surface area (Å²) in [5.41, 5.74) is 1.19. The molecule has 0 saturated heterocycles. The van der Waals surface area contributed by atoms with Gasteiger partial charge in [0.05, 0.1) is 0 Å². The molecule has 0 aliphatic carbocycles. The Bertz CT molecular complexity index is 683. The van der Waals surface area contributed by atoms with Crippen LogP contribution in [0.5, 0.6) is 0 Å². The van der Waals surface area contributed by atoms with Crippen LogP contribution < -0.4 is 0 Å². The highest BCUT2D eigenvalue weighted by atomic mass is 79.9. The van der Waals surface area contributed by atoms with Crippen LogP contribution in [0, 0.1) is 12.8 Å². The van der Waals surface area contributed by atoms with Crippen molar-refractivity contribution in [2.75, 3.05) is 6.67 Å². The molecule has 0 N–H and O–H groups in total. The van der Waals surface area contributed by atoms with Gasteiger partial charge in [0.1, 0.15) is 6.67 Å². The van der Waals surface area contributed by atoms with Crippen molar-refractivity contribution in [2.24, 2.45) is 7.05 Å². The Kier molecular flexibility index (Phi) is 7.35. The molecule has 0 radical (unpaired) electrons. The van der Waals surface area contributed by atoms with Gasteiger partial charge in [-0.1, -0.05) is 39.8 Å². The minimum absolute atomic E-state index is 0.432. The maximum Gasteiger partial charge on any atom is 0.108 e. The molecule has 0 aliphatic heterocycles. The topological polar surface area (TPSA) is 4.93 Å². The van der Waals surface area contributed by atoms with Crippen molar-refractivity contribution >= 4 is 38.6 Å². The van der Waals surface area contributed by atoms with Gasteiger partial charge in [-0.15, -0.1) is 12.8 Å². The van der Waals surface area contributed by atoms with Gasteiger partial charge in [-0.2, -0.15) is 0 Å². The van der Waals surface area contributed by atoms with Crippen molar-refractivity contribution in [3.05, 3.63) is 52.0 Å². The summed E-state index contributed by atoms with van der Waals surface area (Å²) in [6.07, 6.45) is 15.5. The molecule has 4 heteroatoms. The fourth-order valence-corrected chi connectivity index (χ4v) is 3.27. The largest absolute Gasteiger partial charge is 0.349 e. The number of aromatic nitrogens is 1. The molecule has 110 valence electrons. The average molecular weight is 366 g/mol. The molecular weight excluding hydrogens is 349 g/mol. The van der Waals surface area contributed by atoms with Crippen LogP contribution in [0.3, 0.4) is 0 Å². The zero-order valence-electron chi connectivity index (χ0n) is 12.0. The van der Waals surface area contributed by atoms with E-state index < -0.39 is 6.67 Å². The van der Waals surface area contributed by atoms with Crippen molar-refractivity contribution in [2.45, 2.75) is 11.8 Å². The lowest BCUT2D eigenvalue weighted by atomic mass is 10.2. The summed E-state index contributed by atoms with van der Waals surface area (Å²) in [4.78, 5) is 2.22. The van der Waals surface area contributed by atoms with Crippen molar-refractivity contribution in [3.8, 4) is 12.8 Å². The standard InChI is InChI=1S/C15H15BrFNS.C2H2/c1-3-12(5-4-8-17)19-15-10-18(2)14-7-6-11(16)9-13(14)15;1-2/h3-7,9-10H,8H2,1-2H3;1-2H/b5-4-,12-3+;. The van der Waals surface area contributed by atoms with E-state index in [0.717, 1.165) is 9.38 Å². The van der Waals surface area contributed by atoms with E-state index in [1.807, 2.05) is 32.2 Å². The number of rotatable bonds is 4. The molecule has 0 amide bonds. The van der Waals surface area contributed by atoms with Crippen LogP contribution in [0.2, 0.25) is 0 Å². The minimum atomic E-state index is -0.432. The van der Waals surface area contributed by atoms with Crippen LogP contribution >= 0.6 is 27.7 Å². The fraction of sp³-hybridized carbons (Fsp3) is 0.176. The van der Waals surface area contributed by atoms with E-state index in [4.69, 9.17) is 0 Å². The predicted molar refractivity (Wildman–Crippen MR) is 95.2 cm³/mol. The van der Waals surface area contributed by atoms with Crippen LogP contribution in [0.15, 0.2) is 56.9 Å². The Morgan fingerprint density at radius 3 is 2.76 bits per heavy atom. The molecule has 1 heterocycles. The maximum absolute atomic E-state index is 12.2. The summed E-state index contributed by atoms with van der Waals surface area (Å²) < 4.78 is 15.4. The van der Waals surface area contributed by atoms with Gasteiger partial charge in [0.25, 0.3) is 0 Å². The summed E-state index contributed by atoms with van der Waals surface area (Å²) in [7, 11) is 2.03. The maximum atomic E-state index is 12.2. The molecule has 0 atom stereocenters. The highest BCUT2D eigenvalue weighted by Gasteiger charge is 2.08. The van der Waals surface area contributed by atoms with E-state index in [-0.39, 0.29) is 0 Å². The monoisotopic (exact) mass is 365 g/mol. The summed E-state index contributed by atoms with van der Waals surface area (Å²) >= 11 is 5.16. The number of hydrogen-bond donors (Lipinski definition) is 0. The Balaban J connectivity index is 0.00000106. The summed E-state index contributed by atoms with van der Waals surface area (Å²) in [6.45, 7) is 1.53. The second-order valence-electron chi connectivity index (χ2n) is 4.12. The lowest BCUT2D eigenvalue weighted by Gasteiger charge is -2.00. The molecule has 1 aromatic carbocycles. The predicted octanol–water partition coefficient (Wildman–Crippen LogP) is 5.71. The first-order valence-corrected chi connectivity index (χ1v) is 7.91. The molecule has 1 nitrogen and oxygen atoms in total. The van der Waals surface area contributed by atoms with Crippen LogP contribution in [0.4, 0.5) is 4.39 Å². The zero-order chi connectivity index (χ0) is 15.8. The van der Waals surface area contributed by atoms with Gasteiger partial charge in [0.15, 0.2) is 0 Å². The van der Waals surface area contributed by atoms with Gasteiger partial charge in [-0.3, -0.25) is 0 Å². The summed E-state index contributed by atoms with van der Waals surface area (Å²) in [5.74, 6) is 0. The molecule has 2 aromatic rings. The zero-order valence-corrected chi connectivity index (χ0v) is 14.4. The second-order valence-corrected chi connectivity index (χ2v) is 6.15. The smallest absolute Gasteiger partial charge is 0.108 e. The number of halogens is 2. The second kappa shape index (κ2) is 8.76. The Hall–Kier alpha value is -1.44. The van der Waals surface area contributed by atoms with E-state index in [1.54, 1.807) is 11.8 Å². The minimum Gasteiger partial charge on any atom is -0.349 e. The van der Waals surface area contributed by atoms with Crippen molar-refractivity contribution in [1.29, 1.82) is 0 Å². The van der Waals surface area contributed by atoms with Crippen LogP contribution in [0.1, 0.15) is 6.92 Å². The van der Waals surface area contributed by atoms with Crippen molar-refractivity contribution in [3.63, 3.8) is 0 Å². The fourth-order valence-electron chi connectivity index (χ4n) is 1.89. The summed E-state index contributed by atoms with van der Waals surface area (Å²) in [5, 5.41) is 1.20. The van der Waals surface area contributed by atoms with E-state index in [2.05, 4.69) is 51.7 Å². The third-order valence-corrected chi connectivity index (χ3v) is 4.44. The van der Waals surface area contributed by atoms with Gasteiger partial charge < -0.3 is 4.57 Å². The number of hydrogen-bond acceptors (Lipinski definition) is 1. The van der Waals surface area contributed by atoms with E-state index >= 15 is 0 Å². The van der Waals surface area contributed by atoms with E-state index in [1.165, 1.54) is 21.9 Å². The van der Waals surface area contributed by atoms with Gasteiger partial charge in [-0.05, 0) is 31.2 Å². The van der Waals surface area contributed by atoms with Gasteiger partial charge in [0, 0.05) is 38.4 Å². The molecular formula is C17H17BrFNS. The number of nitrogens with zero attached hydrogens (tertiary/aromatic N) is 1. The number of alkyl halides is 1. The molecule has 0 saturated carbocycles. The van der Waals surface area contributed by atoms with Crippen molar-refractivity contribution in [1.82, 2.24) is 4.57 Å². The number of fused-ring (bicyclic) bond motifs is 1. The first-order chi connectivity index (χ1) is 10.2. The molecule has 2 rings (SSSR count). The molecule has 0 bridgehead atoms. The third-order valence-electron chi connectivity index (χ3n) is 2.80. The molecule has 21 heavy (non-hydrogen) atoms. The number of benzene rings is 1. The van der Waals surface area contributed by atoms with E-state index in [0.29, 0.717) is 0 Å². The lowest BCUT2D eigenvalue weighted by molar-refractivity contribution is 0.562. The molecule has 0 fully saturated rings. The number of allylic oxidation sites excluding steroid dienone is 3. The van der Waals surface area contributed by atoms with Gasteiger partial charge >= 0.3 is 0 Å². The first kappa shape index (κ1) is 17.6. The number of terminal acetylenes is 1. The van der Waals surface area contributed by atoms with Crippen LogP contribution in [0.25, 0.3) is 10.9 Å². The lowest BCUT2D eigenvalue weighted by Crippen LogP contribution is -1.82. The molecule has 0 spiro atoms. The Morgan fingerprint density at radius 2 is 2.14 bits per heavy atom. The Morgan fingerprint density at radius 1 is 1.43 bits per heavy atom.